The number of carbonyl (C=O) groups is 10. The molecule has 59 heavy (non-hydrogen) atoms. The van der Waals surface area contributed by atoms with Gasteiger partial charge in [0, 0.05) is 42.7 Å². The number of aliphatic carboxylic acids is 1. The number of unbranched alkanes of at least 4 members (excludes halogenated alkanes) is 2. The highest BCUT2D eigenvalue weighted by Crippen LogP contribution is 2.33. The quantitative estimate of drug-likeness (QED) is 0.0169. The van der Waals surface area contributed by atoms with Crippen LogP contribution in [0, 0.1) is 11.8 Å². The molecule has 10 amide bonds. The molecule has 0 aromatic heterocycles. The maximum atomic E-state index is 12.9. The van der Waals surface area contributed by atoms with Gasteiger partial charge in [0.1, 0.15) is 18.1 Å². The molecule has 22 nitrogen and oxygen atoms in total. The molecular weight excluding hydrogens is 797 g/mol. The van der Waals surface area contributed by atoms with Crippen LogP contribution in [0.15, 0.2) is 0 Å². The summed E-state index contributed by atoms with van der Waals surface area (Å²) in [6, 6.07) is -3.54. The van der Waals surface area contributed by atoms with Gasteiger partial charge in [-0.2, -0.15) is 11.8 Å². The molecular formula is C36H60N10O12S. The second kappa shape index (κ2) is 26.0. The van der Waals surface area contributed by atoms with Crippen LogP contribution in [0.5, 0.6) is 0 Å². The zero-order chi connectivity index (χ0) is 44.1. The van der Waals surface area contributed by atoms with Crippen LogP contribution in [-0.2, 0) is 43.2 Å². The first kappa shape index (κ1) is 50.0. The summed E-state index contributed by atoms with van der Waals surface area (Å²) in [7, 11) is 0. The molecule has 2 heterocycles. The highest BCUT2D eigenvalue weighted by molar-refractivity contribution is 8.00. The van der Waals surface area contributed by atoms with Gasteiger partial charge in [-0.15, -0.1) is 0 Å². The Morgan fingerprint density at radius 3 is 2.15 bits per heavy atom. The van der Waals surface area contributed by atoms with Crippen LogP contribution in [0.25, 0.3) is 0 Å². The van der Waals surface area contributed by atoms with Gasteiger partial charge in [0.15, 0.2) is 0 Å². The second-order valence-electron chi connectivity index (χ2n) is 14.7. The minimum absolute atomic E-state index is 0.0967. The highest BCUT2D eigenvalue weighted by atomic mass is 32.2. The predicted octanol–water partition coefficient (Wildman–Crippen LogP) is -2.39. The molecule has 0 aromatic carbocycles. The Bertz CT molecular complexity index is 1520. The number of hydrogen-bond donors (Lipinski definition) is 12. The van der Waals surface area contributed by atoms with E-state index in [2.05, 4.69) is 42.5 Å². The van der Waals surface area contributed by atoms with Crippen molar-refractivity contribution >= 4 is 71.0 Å². The molecule has 2 aliphatic rings. The fourth-order valence-corrected chi connectivity index (χ4v) is 7.97. The third-order valence-electron chi connectivity index (χ3n) is 10.1. The minimum Gasteiger partial charge on any atom is -0.481 e. The molecule has 2 fully saturated rings. The number of hydroxylamine groups is 1. The molecule has 0 aromatic rings. The van der Waals surface area contributed by atoms with Crippen molar-refractivity contribution in [1.82, 2.24) is 48.0 Å². The first-order valence-corrected chi connectivity index (χ1v) is 20.8. The third kappa shape index (κ3) is 18.5. The number of fused-ring (bicyclic) bond motifs is 1. The third-order valence-corrected chi connectivity index (χ3v) is 11.6. The van der Waals surface area contributed by atoms with Crippen molar-refractivity contribution in [2.75, 3.05) is 25.4 Å². The summed E-state index contributed by atoms with van der Waals surface area (Å²) in [5.74, 6) is -7.25. The average molecular weight is 857 g/mol. The Kier molecular flexibility index (Phi) is 22.0. The van der Waals surface area contributed by atoms with E-state index >= 15 is 0 Å². The van der Waals surface area contributed by atoms with Gasteiger partial charge in [0.25, 0.3) is 0 Å². The lowest BCUT2D eigenvalue weighted by molar-refractivity contribution is -0.139. The van der Waals surface area contributed by atoms with E-state index < -0.39 is 90.9 Å². The van der Waals surface area contributed by atoms with E-state index in [4.69, 9.17) is 16.0 Å². The van der Waals surface area contributed by atoms with Crippen LogP contribution in [-0.4, -0.2) is 130 Å². The van der Waals surface area contributed by atoms with Gasteiger partial charge in [-0.25, -0.2) is 10.3 Å². The molecule has 2 rings (SSSR count). The molecule has 332 valence electrons. The maximum Gasteiger partial charge on any atom is 0.315 e. The summed E-state index contributed by atoms with van der Waals surface area (Å²) < 4.78 is 0. The Morgan fingerprint density at radius 1 is 0.780 bits per heavy atom. The Morgan fingerprint density at radius 2 is 1.49 bits per heavy atom. The summed E-state index contributed by atoms with van der Waals surface area (Å²) in [6.07, 6.45) is 3.24. The molecule has 0 bridgehead atoms. The summed E-state index contributed by atoms with van der Waals surface area (Å²) in [5.41, 5.74) is 6.91. The van der Waals surface area contributed by atoms with Crippen LogP contribution in [0.1, 0.15) is 91.4 Å². The van der Waals surface area contributed by atoms with E-state index in [-0.39, 0.29) is 49.2 Å². The number of nitrogens with two attached hydrogens (primary N) is 1. The molecule has 13 N–H and O–H groups in total. The number of thioether (sulfide) groups is 1. The largest absolute Gasteiger partial charge is 0.481 e. The molecule has 23 heteroatoms. The zero-order valence-electron chi connectivity index (χ0n) is 33.7. The number of nitrogens with one attached hydrogen (secondary N) is 9. The molecule has 0 spiro atoms. The monoisotopic (exact) mass is 856 g/mol. The second-order valence-corrected chi connectivity index (χ2v) is 16.0. The van der Waals surface area contributed by atoms with Crippen LogP contribution in [0.3, 0.4) is 0 Å². The molecule has 0 radical (unpaired) electrons. The molecule has 2 unspecified atom stereocenters. The van der Waals surface area contributed by atoms with Crippen molar-refractivity contribution in [1.29, 1.82) is 0 Å². The van der Waals surface area contributed by atoms with E-state index in [0.717, 1.165) is 18.6 Å². The van der Waals surface area contributed by atoms with E-state index in [0.29, 0.717) is 43.9 Å². The number of amides is 10. The van der Waals surface area contributed by atoms with Crippen molar-refractivity contribution in [3.63, 3.8) is 0 Å². The van der Waals surface area contributed by atoms with Crippen LogP contribution in [0.2, 0.25) is 0 Å². The minimum atomic E-state index is -1.43. The van der Waals surface area contributed by atoms with Crippen molar-refractivity contribution in [3.05, 3.63) is 0 Å². The van der Waals surface area contributed by atoms with Crippen LogP contribution in [0.4, 0.5) is 4.79 Å². The van der Waals surface area contributed by atoms with Crippen molar-refractivity contribution in [2.45, 2.75) is 127 Å². The lowest BCUT2D eigenvalue weighted by Crippen LogP contribution is -2.55. The molecule has 2 saturated heterocycles. The zero-order valence-corrected chi connectivity index (χ0v) is 34.5. The Labute approximate surface area is 346 Å². The lowest BCUT2D eigenvalue weighted by atomic mass is 9.87. The van der Waals surface area contributed by atoms with Gasteiger partial charge in [0.05, 0.1) is 25.2 Å². The molecule has 0 saturated carbocycles. The number of primary amides is 1. The Balaban J connectivity index is 1.71. The highest BCUT2D eigenvalue weighted by Gasteiger charge is 2.42. The van der Waals surface area contributed by atoms with Gasteiger partial charge in [-0.3, -0.25) is 48.4 Å². The van der Waals surface area contributed by atoms with Gasteiger partial charge in [0.2, 0.25) is 47.3 Å². The topological polar surface area (TPSA) is 345 Å². The van der Waals surface area contributed by atoms with E-state index in [1.165, 1.54) is 12.4 Å². The van der Waals surface area contributed by atoms with Gasteiger partial charge in [-0.1, -0.05) is 26.7 Å². The van der Waals surface area contributed by atoms with Crippen LogP contribution >= 0.6 is 11.8 Å². The maximum absolute atomic E-state index is 12.9. The molecule has 2 aliphatic heterocycles. The normalized spacial score (nSPS) is 19.2. The smallest absolute Gasteiger partial charge is 0.315 e. The van der Waals surface area contributed by atoms with Gasteiger partial charge in [-0.05, 0) is 51.4 Å². The Hall–Kier alpha value is -5.19. The summed E-state index contributed by atoms with van der Waals surface area (Å²) in [6.45, 7) is 3.95. The SMILES string of the molecule is CCC(C)C(CC(=O)NO)C(=O)N[C@@H](C)C(=O)N[C@@H](CCC(=O)O)C(=O)NCC(=O)NCC(=O)N[C@@H](CCCCNC(=O)CCCC[C@@H]1SC[C@@H]2NC(=O)N[C@@H]21)C(N)=O. The predicted molar refractivity (Wildman–Crippen MR) is 212 cm³/mol. The van der Waals surface area contributed by atoms with Crippen molar-refractivity contribution < 1.29 is 58.3 Å². The van der Waals surface area contributed by atoms with Crippen LogP contribution < -0.4 is 53.7 Å². The number of carbonyl (C=O) groups excluding carboxylic acids is 9. The van der Waals surface area contributed by atoms with Crippen molar-refractivity contribution in [2.24, 2.45) is 17.6 Å². The summed E-state index contributed by atoms with van der Waals surface area (Å²) >= 11 is 1.82. The van der Waals surface area contributed by atoms with Gasteiger partial charge >= 0.3 is 12.0 Å². The molecule has 8 atom stereocenters. The van der Waals surface area contributed by atoms with Crippen molar-refractivity contribution in [3.8, 4) is 0 Å². The number of carboxylic acids is 1. The number of urea groups is 1. The average Bonchev–Trinajstić information content (AvgIpc) is 3.75. The number of rotatable bonds is 28. The van der Waals surface area contributed by atoms with Gasteiger partial charge < -0.3 is 53.4 Å². The number of hydrogen-bond acceptors (Lipinski definition) is 12. The van der Waals surface area contributed by atoms with E-state index in [9.17, 15) is 47.9 Å². The van der Waals surface area contributed by atoms with E-state index in [1.54, 1.807) is 13.8 Å². The van der Waals surface area contributed by atoms with E-state index in [1.807, 2.05) is 11.8 Å². The first-order chi connectivity index (χ1) is 27.9. The number of carboxylic acid groups (broad SMARTS) is 1. The molecule has 0 aliphatic carbocycles. The summed E-state index contributed by atoms with van der Waals surface area (Å²) in [4.78, 5) is 122. The fraction of sp³-hybridized carbons (Fsp3) is 0.722. The standard InChI is InChI=1S/C36H60N10O12S/c1-4-19(2)21(15-27(48)46-58)34(55)41-20(3)33(54)43-23(12-13-30(51)52)35(56)40-16-28(49)39-17-29(50)42-22(32(37)53)9-7-8-14-38-26(47)11-6-5-10-25-31-24(18-59-25)44-36(57)45-31/h19-25,31,58H,4-18H2,1-3H3,(H2,37,53)(H,38,47)(H,39,49)(H,40,56)(H,41,55)(H,42,50)(H,43,54)(H,46,48)(H,51,52)(H2,44,45,57)/t19?,20-,21?,22-,23-,24-,25-,31-/m0/s1. The lowest BCUT2D eigenvalue weighted by Gasteiger charge is -2.25. The summed E-state index contributed by atoms with van der Waals surface area (Å²) in [5, 5.41) is 38.8. The first-order valence-electron chi connectivity index (χ1n) is 19.8. The fourth-order valence-electron chi connectivity index (χ4n) is 6.43.